The molecule has 1 saturated heterocycles. The van der Waals surface area contributed by atoms with Crippen LogP contribution >= 0.6 is 0 Å². The van der Waals surface area contributed by atoms with Gasteiger partial charge in [-0.1, -0.05) is 54.6 Å². The quantitative estimate of drug-likeness (QED) is 0.619. The molecule has 2 heterocycles. The highest BCUT2D eigenvalue weighted by Crippen LogP contribution is 2.32. The molecule has 2 N–H and O–H groups in total. The molecule has 1 aliphatic rings. The number of benzene rings is 2. The van der Waals surface area contributed by atoms with Crippen LogP contribution in [0, 0.1) is 0 Å². The predicted molar refractivity (Wildman–Crippen MR) is 121 cm³/mol. The summed E-state index contributed by atoms with van der Waals surface area (Å²) in [4.78, 5) is 9.46. The van der Waals surface area contributed by atoms with E-state index in [4.69, 9.17) is 4.98 Å². The average molecular weight is 387 g/mol. The summed E-state index contributed by atoms with van der Waals surface area (Å²) in [7, 11) is 0. The molecule has 0 bridgehead atoms. The summed E-state index contributed by atoms with van der Waals surface area (Å²) in [5.74, 6) is 1.64. The molecular weight excluding hydrogens is 356 g/mol. The Morgan fingerprint density at radius 3 is 2.14 bits per heavy atom. The van der Waals surface area contributed by atoms with Gasteiger partial charge in [-0.25, -0.2) is 9.97 Å². The van der Waals surface area contributed by atoms with Gasteiger partial charge in [0.1, 0.15) is 5.82 Å². The summed E-state index contributed by atoms with van der Waals surface area (Å²) in [5.41, 5.74) is 3.55. The largest absolute Gasteiger partial charge is 0.367 e. The molecule has 4 heteroatoms. The van der Waals surface area contributed by atoms with Crippen LogP contribution in [0.5, 0.6) is 0 Å². The van der Waals surface area contributed by atoms with Gasteiger partial charge in [-0.15, -0.1) is 0 Å². The fraction of sp³-hybridized carbons (Fsp3) is 0.360. The number of hydrogen-bond donors (Lipinski definition) is 2. The van der Waals surface area contributed by atoms with Gasteiger partial charge < -0.3 is 10.6 Å². The van der Waals surface area contributed by atoms with Crippen molar-refractivity contribution in [1.29, 1.82) is 0 Å². The molecule has 0 amide bonds. The van der Waals surface area contributed by atoms with Gasteiger partial charge >= 0.3 is 0 Å². The Morgan fingerprint density at radius 2 is 1.45 bits per heavy atom. The third kappa shape index (κ3) is 4.65. The lowest BCUT2D eigenvalue weighted by atomic mass is 9.79. The van der Waals surface area contributed by atoms with E-state index < -0.39 is 0 Å². The van der Waals surface area contributed by atoms with E-state index in [2.05, 4.69) is 85.8 Å². The third-order valence-electron chi connectivity index (χ3n) is 5.45. The van der Waals surface area contributed by atoms with Gasteiger partial charge in [0.25, 0.3) is 0 Å². The van der Waals surface area contributed by atoms with Gasteiger partial charge in [-0.05, 0) is 57.7 Å². The second-order valence-electron chi connectivity index (χ2n) is 9.32. The highest BCUT2D eigenvalue weighted by atomic mass is 15.1. The summed E-state index contributed by atoms with van der Waals surface area (Å²) in [5, 5.41) is 7.41. The van der Waals surface area contributed by atoms with Crippen LogP contribution in [0.4, 0.5) is 5.82 Å². The molecule has 1 aliphatic heterocycles. The van der Waals surface area contributed by atoms with Gasteiger partial charge in [-0.3, -0.25) is 0 Å². The second-order valence-corrected chi connectivity index (χ2v) is 9.32. The first-order valence-corrected chi connectivity index (χ1v) is 10.4. The van der Waals surface area contributed by atoms with Crippen LogP contribution in [0.25, 0.3) is 22.5 Å². The summed E-state index contributed by atoms with van der Waals surface area (Å²) < 4.78 is 0. The first-order chi connectivity index (χ1) is 13.8. The van der Waals surface area contributed by atoms with Crippen molar-refractivity contribution in [1.82, 2.24) is 15.3 Å². The van der Waals surface area contributed by atoms with E-state index in [0.29, 0.717) is 6.04 Å². The smallest absolute Gasteiger partial charge is 0.162 e. The maximum atomic E-state index is 4.88. The summed E-state index contributed by atoms with van der Waals surface area (Å²) in [6.07, 6.45) is 3.95. The van der Waals surface area contributed by atoms with Gasteiger partial charge in [0.15, 0.2) is 5.82 Å². The summed E-state index contributed by atoms with van der Waals surface area (Å²) in [6.45, 7) is 9.07. The van der Waals surface area contributed by atoms with Crippen molar-refractivity contribution >= 4 is 5.82 Å². The predicted octanol–water partition coefficient (Wildman–Crippen LogP) is 5.53. The van der Waals surface area contributed by atoms with Crippen molar-refractivity contribution in [2.75, 3.05) is 5.32 Å². The standard InChI is InChI=1S/C25H30N4/c1-24(2)16-19(17-25(3,4)29-24)27-22-14-15-26-23(28-22)21-13-9-8-12-20(21)18-10-6-5-7-11-18/h5-15,19,29H,16-17H2,1-4H3,(H,26,27,28). The van der Waals surface area contributed by atoms with Crippen molar-refractivity contribution in [3.05, 3.63) is 66.9 Å². The molecule has 4 rings (SSSR count). The molecule has 1 aromatic heterocycles. The van der Waals surface area contributed by atoms with Crippen molar-refractivity contribution in [2.24, 2.45) is 0 Å². The first kappa shape index (κ1) is 19.6. The van der Waals surface area contributed by atoms with E-state index in [-0.39, 0.29) is 11.1 Å². The lowest BCUT2D eigenvalue weighted by Gasteiger charge is -2.46. The fourth-order valence-corrected chi connectivity index (χ4v) is 4.75. The maximum Gasteiger partial charge on any atom is 0.162 e. The van der Waals surface area contributed by atoms with Gasteiger partial charge in [0.05, 0.1) is 0 Å². The summed E-state index contributed by atoms with van der Waals surface area (Å²) in [6, 6.07) is 21.1. The van der Waals surface area contributed by atoms with E-state index in [0.717, 1.165) is 35.6 Å². The minimum Gasteiger partial charge on any atom is -0.367 e. The number of piperidine rings is 1. The molecule has 0 atom stereocenters. The fourth-order valence-electron chi connectivity index (χ4n) is 4.75. The van der Waals surface area contributed by atoms with Crippen molar-refractivity contribution in [2.45, 2.75) is 57.7 Å². The van der Waals surface area contributed by atoms with E-state index in [1.165, 1.54) is 5.56 Å². The van der Waals surface area contributed by atoms with E-state index in [9.17, 15) is 0 Å². The number of anilines is 1. The molecule has 4 nitrogen and oxygen atoms in total. The summed E-state index contributed by atoms with van der Waals surface area (Å²) >= 11 is 0. The van der Waals surface area contributed by atoms with Crippen molar-refractivity contribution in [3.8, 4) is 22.5 Å². The monoisotopic (exact) mass is 386 g/mol. The van der Waals surface area contributed by atoms with Crippen LogP contribution in [0.3, 0.4) is 0 Å². The first-order valence-electron chi connectivity index (χ1n) is 10.4. The van der Waals surface area contributed by atoms with Crippen molar-refractivity contribution < 1.29 is 0 Å². The van der Waals surface area contributed by atoms with E-state index in [1.54, 1.807) is 0 Å². The molecule has 2 aromatic carbocycles. The molecule has 0 spiro atoms. The number of nitrogens with one attached hydrogen (secondary N) is 2. The van der Waals surface area contributed by atoms with Crippen LogP contribution in [0.15, 0.2) is 66.9 Å². The normalized spacial score (nSPS) is 18.3. The Morgan fingerprint density at radius 1 is 0.828 bits per heavy atom. The molecule has 3 aromatic rings. The lowest BCUT2D eigenvalue weighted by Crippen LogP contribution is -2.60. The third-order valence-corrected chi connectivity index (χ3v) is 5.45. The zero-order chi connectivity index (χ0) is 20.5. The Hall–Kier alpha value is -2.72. The Labute approximate surface area is 173 Å². The molecule has 0 aliphatic carbocycles. The molecular formula is C25H30N4. The van der Waals surface area contributed by atoms with Crippen LogP contribution in [-0.4, -0.2) is 27.1 Å². The Kier molecular flexibility index (Phi) is 5.13. The topological polar surface area (TPSA) is 49.8 Å². The molecule has 29 heavy (non-hydrogen) atoms. The van der Waals surface area contributed by atoms with Gasteiger partial charge in [-0.2, -0.15) is 0 Å². The van der Waals surface area contributed by atoms with Gasteiger partial charge in [0.2, 0.25) is 0 Å². The zero-order valence-corrected chi connectivity index (χ0v) is 17.7. The van der Waals surface area contributed by atoms with Crippen LogP contribution < -0.4 is 10.6 Å². The molecule has 0 unspecified atom stereocenters. The SMILES string of the molecule is CC1(C)CC(Nc2ccnc(-c3ccccc3-c3ccccc3)n2)CC(C)(C)N1. The van der Waals surface area contributed by atoms with Crippen LogP contribution in [0.2, 0.25) is 0 Å². The Balaban J connectivity index is 1.63. The van der Waals surface area contributed by atoms with Crippen LogP contribution in [-0.2, 0) is 0 Å². The zero-order valence-electron chi connectivity index (χ0n) is 17.7. The molecule has 0 saturated carbocycles. The highest BCUT2D eigenvalue weighted by molar-refractivity contribution is 5.80. The van der Waals surface area contributed by atoms with Gasteiger partial charge in [0, 0.05) is 28.9 Å². The number of hydrogen-bond acceptors (Lipinski definition) is 4. The lowest BCUT2D eigenvalue weighted by molar-refractivity contribution is 0.170. The Bertz CT molecular complexity index is 963. The maximum absolute atomic E-state index is 4.88. The molecule has 0 radical (unpaired) electrons. The van der Waals surface area contributed by atoms with Crippen LogP contribution in [0.1, 0.15) is 40.5 Å². The highest BCUT2D eigenvalue weighted by Gasteiger charge is 2.37. The molecule has 1 fully saturated rings. The average Bonchev–Trinajstić information content (AvgIpc) is 2.66. The van der Waals surface area contributed by atoms with Crippen molar-refractivity contribution in [3.63, 3.8) is 0 Å². The molecule has 150 valence electrons. The minimum absolute atomic E-state index is 0.0924. The number of nitrogens with zero attached hydrogens (tertiary/aromatic N) is 2. The number of rotatable bonds is 4. The van der Waals surface area contributed by atoms with E-state index >= 15 is 0 Å². The number of aromatic nitrogens is 2. The minimum atomic E-state index is 0.0924. The second kappa shape index (κ2) is 7.60. The van der Waals surface area contributed by atoms with E-state index in [1.807, 2.05) is 24.4 Å².